The van der Waals surface area contributed by atoms with E-state index in [4.69, 9.17) is 13.9 Å². The van der Waals surface area contributed by atoms with E-state index in [1.54, 1.807) is 0 Å². The van der Waals surface area contributed by atoms with Gasteiger partial charge in [-0.25, -0.2) is 0 Å². The molecule has 4 aliphatic carbocycles. The number of fused-ring (bicyclic) bond motifs is 8. The van der Waals surface area contributed by atoms with Gasteiger partial charge in [0.05, 0.1) is 24.4 Å². The maximum absolute atomic E-state index is 11.5. The van der Waals surface area contributed by atoms with Crippen LogP contribution in [0.5, 0.6) is 0 Å². The first-order valence-corrected chi connectivity index (χ1v) is 17.1. The topological polar surface area (TPSA) is 47.9 Å². The van der Waals surface area contributed by atoms with Gasteiger partial charge in [-0.1, -0.05) is 41.5 Å². The molecule has 5 rings (SSSR count). The zero-order valence-electron chi connectivity index (χ0n) is 23.6. The monoisotopic (exact) mass is 492 g/mol. The van der Waals surface area contributed by atoms with Crippen LogP contribution in [0.3, 0.4) is 0 Å². The van der Waals surface area contributed by atoms with E-state index >= 15 is 0 Å². The first-order chi connectivity index (χ1) is 15.5. The highest BCUT2D eigenvalue weighted by Crippen LogP contribution is 2.69. The molecule has 196 valence electrons. The van der Waals surface area contributed by atoms with E-state index in [9.17, 15) is 5.11 Å². The van der Waals surface area contributed by atoms with Crippen LogP contribution in [0.4, 0.5) is 0 Å². The Morgan fingerprint density at radius 2 is 1.44 bits per heavy atom. The molecule has 4 nitrogen and oxygen atoms in total. The van der Waals surface area contributed by atoms with Gasteiger partial charge in [0.2, 0.25) is 0 Å². The Kier molecular flexibility index (Phi) is 5.88. The summed E-state index contributed by atoms with van der Waals surface area (Å²) in [6.45, 7) is 23.3. The number of rotatable bonds is 2. The summed E-state index contributed by atoms with van der Waals surface area (Å²) in [5.74, 6) is 1.65. The van der Waals surface area contributed by atoms with Crippen molar-refractivity contribution in [1.82, 2.24) is 0 Å². The second kappa shape index (κ2) is 7.79. The molecule has 5 fully saturated rings. The lowest BCUT2D eigenvalue weighted by Crippen LogP contribution is -2.66. The summed E-state index contributed by atoms with van der Waals surface area (Å²) in [6.07, 6.45) is 7.38. The highest BCUT2D eigenvalue weighted by Gasteiger charge is 2.70. The second-order valence-electron chi connectivity index (χ2n) is 15.4. The Hall–Kier alpha value is 0.0569. The summed E-state index contributed by atoms with van der Waals surface area (Å²) in [5, 5.41) is 11.7. The second-order valence-corrected chi connectivity index (χ2v) is 20.1. The normalized spacial score (nSPS) is 52.5. The minimum Gasteiger partial charge on any atom is -0.413 e. The molecule has 1 aliphatic heterocycles. The zero-order valence-corrected chi connectivity index (χ0v) is 24.6. The van der Waals surface area contributed by atoms with E-state index in [1.165, 1.54) is 32.1 Å². The van der Waals surface area contributed by atoms with Crippen molar-refractivity contribution in [2.24, 2.45) is 40.4 Å². The quantitative estimate of drug-likeness (QED) is 0.432. The zero-order chi connectivity index (χ0) is 25.1. The van der Waals surface area contributed by atoms with Gasteiger partial charge in [0.25, 0.3) is 0 Å². The molecule has 0 amide bonds. The van der Waals surface area contributed by atoms with Crippen LogP contribution in [0.2, 0.25) is 18.1 Å². The number of hydrogen-bond acceptors (Lipinski definition) is 4. The molecule has 1 heterocycles. The Morgan fingerprint density at radius 1 is 0.853 bits per heavy atom. The van der Waals surface area contributed by atoms with Crippen LogP contribution in [-0.4, -0.2) is 43.6 Å². The minimum atomic E-state index is -1.83. The van der Waals surface area contributed by atoms with Gasteiger partial charge in [-0.05, 0) is 105 Å². The molecule has 5 aliphatic rings. The van der Waals surface area contributed by atoms with Gasteiger partial charge in [0.1, 0.15) is 0 Å². The first kappa shape index (κ1) is 25.7. The van der Waals surface area contributed by atoms with Crippen LogP contribution < -0.4 is 0 Å². The molecule has 0 spiro atoms. The molecule has 4 saturated carbocycles. The van der Waals surface area contributed by atoms with E-state index in [1.807, 2.05) is 0 Å². The highest BCUT2D eigenvalue weighted by molar-refractivity contribution is 6.74. The van der Waals surface area contributed by atoms with Gasteiger partial charge >= 0.3 is 0 Å². The van der Waals surface area contributed by atoms with Crippen molar-refractivity contribution in [1.29, 1.82) is 0 Å². The average molecular weight is 493 g/mol. The molecule has 0 aromatic heterocycles. The molecular weight excluding hydrogens is 440 g/mol. The minimum absolute atomic E-state index is 0.00158. The van der Waals surface area contributed by atoms with Crippen molar-refractivity contribution in [3.8, 4) is 0 Å². The van der Waals surface area contributed by atoms with Gasteiger partial charge in [-0.3, -0.25) is 0 Å². The lowest BCUT2D eigenvalue weighted by atomic mass is 9.43. The largest absolute Gasteiger partial charge is 0.413 e. The molecule has 11 atom stereocenters. The molecule has 8 unspecified atom stereocenters. The van der Waals surface area contributed by atoms with E-state index in [2.05, 4.69) is 68.5 Å². The van der Waals surface area contributed by atoms with Crippen molar-refractivity contribution < 1.29 is 19.0 Å². The highest BCUT2D eigenvalue weighted by atomic mass is 28.4. The van der Waals surface area contributed by atoms with Crippen LogP contribution in [-0.2, 0) is 13.9 Å². The fraction of sp³-hybridized carbons (Fsp3) is 1.00. The summed E-state index contributed by atoms with van der Waals surface area (Å²) in [6, 6.07) is 0. The van der Waals surface area contributed by atoms with Gasteiger partial charge in [-0.2, -0.15) is 0 Å². The molecule has 1 saturated heterocycles. The Bertz CT molecular complexity index is 804. The molecule has 0 aromatic carbocycles. The van der Waals surface area contributed by atoms with Gasteiger partial charge < -0.3 is 19.0 Å². The maximum atomic E-state index is 11.5. The number of hydrogen-bond donors (Lipinski definition) is 1. The average Bonchev–Trinajstić information content (AvgIpc) is 3.19. The van der Waals surface area contributed by atoms with Crippen molar-refractivity contribution in [3.63, 3.8) is 0 Å². The van der Waals surface area contributed by atoms with Crippen LogP contribution in [0, 0.1) is 40.4 Å². The Balaban J connectivity index is 1.51. The number of aliphatic hydroxyl groups is 1. The predicted octanol–water partition coefficient (Wildman–Crippen LogP) is 6.77. The summed E-state index contributed by atoms with van der Waals surface area (Å²) < 4.78 is 20.6. The Morgan fingerprint density at radius 3 is 2.09 bits per heavy atom. The predicted molar refractivity (Wildman–Crippen MR) is 139 cm³/mol. The molecule has 0 aromatic rings. The van der Waals surface area contributed by atoms with Gasteiger partial charge in [0, 0.05) is 5.92 Å². The van der Waals surface area contributed by atoms with Crippen LogP contribution >= 0.6 is 0 Å². The van der Waals surface area contributed by atoms with Crippen molar-refractivity contribution in [2.45, 2.75) is 142 Å². The van der Waals surface area contributed by atoms with Crippen LogP contribution in [0.25, 0.3) is 0 Å². The molecule has 0 radical (unpaired) electrons. The standard InChI is InChI=1S/C29H52O4Si/c1-17-13-15-29(8)19-14-16-28(7)18(11-12-20(28)33-34(9,10)26(2,3)4)21(19)24-25(22(29)23(17)30)32-27(5,6)31-24/h17-25,30H,11-16H2,1-10H3/t17-,18?,19?,20?,21?,22?,23?,24?,25?,28+,29-/m1/s1. The molecule has 34 heavy (non-hydrogen) atoms. The smallest absolute Gasteiger partial charge is 0.192 e. The molecule has 0 bridgehead atoms. The third kappa shape index (κ3) is 3.57. The summed E-state index contributed by atoms with van der Waals surface area (Å²) in [7, 11) is -1.83. The first-order valence-electron chi connectivity index (χ1n) is 14.2. The van der Waals surface area contributed by atoms with Crippen molar-refractivity contribution in [3.05, 3.63) is 0 Å². The van der Waals surface area contributed by atoms with Gasteiger partial charge in [-0.15, -0.1) is 0 Å². The van der Waals surface area contributed by atoms with E-state index in [-0.39, 0.29) is 40.1 Å². The summed E-state index contributed by atoms with van der Waals surface area (Å²) in [4.78, 5) is 0. The Labute approximate surface area is 210 Å². The van der Waals surface area contributed by atoms with Crippen LogP contribution in [0.1, 0.15) is 93.9 Å². The number of aliphatic hydroxyl groups excluding tert-OH is 1. The lowest BCUT2D eigenvalue weighted by Gasteiger charge is -2.64. The molecular formula is C29H52O4Si. The third-order valence-electron chi connectivity index (χ3n) is 12.1. The van der Waals surface area contributed by atoms with Crippen molar-refractivity contribution in [2.75, 3.05) is 0 Å². The fourth-order valence-electron chi connectivity index (χ4n) is 9.12. The SMILES string of the molecule is C[C@@H]1CC[C@]2(C)C3CC[C@]4(C)C(O[Si](C)(C)C(C)(C)C)CCC4C3C3OC(C)(C)OC3C2C1O. The van der Waals surface area contributed by atoms with E-state index < -0.39 is 14.1 Å². The van der Waals surface area contributed by atoms with E-state index in [0.29, 0.717) is 29.8 Å². The summed E-state index contributed by atoms with van der Waals surface area (Å²) in [5.41, 5.74) is 0.336. The third-order valence-corrected chi connectivity index (χ3v) is 16.6. The fourth-order valence-corrected chi connectivity index (χ4v) is 10.6. The molecule has 1 N–H and O–H groups in total. The molecule has 5 heteroatoms. The van der Waals surface area contributed by atoms with Crippen LogP contribution in [0.15, 0.2) is 0 Å². The van der Waals surface area contributed by atoms with Gasteiger partial charge in [0.15, 0.2) is 14.1 Å². The number of ether oxygens (including phenoxy) is 2. The maximum Gasteiger partial charge on any atom is 0.192 e. The van der Waals surface area contributed by atoms with Crippen molar-refractivity contribution >= 4 is 8.32 Å². The summed E-state index contributed by atoms with van der Waals surface area (Å²) >= 11 is 0. The van der Waals surface area contributed by atoms with E-state index in [0.717, 1.165) is 6.42 Å². The lowest BCUT2D eigenvalue weighted by molar-refractivity contribution is -0.215.